The summed E-state index contributed by atoms with van der Waals surface area (Å²) in [5, 5.41) is 1.29. The van der Waals surface area contributed by atoms with Gasteiger partial charge in [0.05, 0.1) is 0 Å². The second kappa shape index (κ2) is 4.67. The topological polar surface area (TPSA) is 14.2 Å². The van der Waals surface area contributed by atoms with Crippen molar-refractivity contribution in [2.45, 2.75) is 32.4 Å². The van der Waals surface area contributed by atoms with Crippen LogP contribution in [0.5, 0.6) is 0 Å². The van der Waals surface area contributed by atoms with Gasteiger partial charge in [-0.1, -0.05) is 37.8 Å². The predicted molar refractivity (Wildman–Crippen MR) is 75.9 cm³/mol. The maximum Gasteiger partial charge on any atom is 0.118 e. The van der Waals surface area contributed by atoms with E-state index in [0.717, 1.165) is 6.61 Å². The molecule has 0 amide bonds. The summed E-state index contributed by atoms with van der Waals surface area (Å²) in [5.41, 5.74) is 1.27. The standard InChI is InChI=1S/C14H21NOSi/c1-5-16-14(17(2,3)4)15-11-10-12-8-6-7-9-13(12)15/h6-11,14H,5H2,1-4H3. The summed E-state index contributed by atoms with van der Waals surface area (Å²) in [7, 11) is -1.39. The number of nitrogens with zero attached hydrogens (tertiary/aromatic N) is 1. The quantitative estimate of drug-likeness (QED) is 0.743. The molecule has 1 aromatic heterocycles. The number of para-hydroxylation sites is 1. The van der Waals surface area contributed by atoms with Crippen molar-refractivity contribution >= 4 is 19.0 Å². The molecule has 1 aromatic carbocycles. The number of hydrogen-bond acceptors (Lipinski definition) is 1. The molecular formula is C14H21NOSi. The molecule has 0 aliphatic carbocycles. The Labute approximate surface area is 104 Å². The molecule has 1 atom stereocenters. The minimum atomic E-state index is -1.39. The maximum absolute atomic E-state index is 5.98. The highest BCUT2D eigenvalue weighted by molar-refractivity contribution is 6.76. The van der Waals surface area contributed by atoms with Crippen molar-refractivity contribution in [2.75, 3.05) is 6.61 Å². The Morgan fingerprint density at radius 3 is 2.53 bits per heavy atom. The van der Waals surface area contributed by atoms with Crippen molar-refractivity contribution in [1.82, 2.24) is 4.57 Å². The number of aromatic nitrogens is 1. The van der Waals surface area contributed by atoms with E-state index in [0.29, 0.717) is 0 Å². The van der Waals surface area contributed by atoms with Crippen molar-refractivity contribution in [1.29, 1.82) is 0 Å². The third kappa shape index (κ3) is 2.45. The summed E-state index contributed by atoms with van der Waals surface area (Å²) in [4.78, 5) is 0. The van der Waals surface area contributed by atoms with Gasteiger partial charge < -0.3 is 9.30 Å². The number of rotatable bonds is 4. The van der Waals surface area contributed by atoms with Crippen LogP contribution in [-0.4, -0.2) is 19.2 Å². The van der Waals surface area contributed by atoms with E-state index in [1.165, 1.54) is 10.9 Å². The van der Waals surface area contributed by atoms with Gasteiger partial charge in [0.25, 0.3) is 0 Å². The molecule has 0 aliphatic heterocycles. The minimum absolute atomic E-state index is 0.215. The lowest BCUT2D eigenvalue weighted by molar-refractivity contribution is 0.0668. The van der Waals surface area contributed by atoms with Crippen LogP contribution < -0.4 is 0 Å². The molecule has 1 unspecified atom stereocenters. The first-order valence-electron chi connectivity index (χ1n) is 6.21. The highest BCUT2D eigenvalue weighted by atomic mass is 28.3. The van der Waals surface area contributed by atoms with Gasteiger partial charge in [0.1, 0.15) is 13.9 Å². The van der Waals surface area contributed by atoms with Gasteiger partial charge in [-0.05, 0) is 24.4 Å². The van der Waals surface area contributed by atoms with E-state index in [2.05, 4.69) is 67.7 Å². The van der Waals surface area contributed by atoms with Gasteiger partial charge >= 0.3 is 0 Å². The van der Waals surface area contributed by atoms with Crippen LogP contribution in [0.25, 0.3) is 10.9 Å². The molecule has 0 radical (unpaired) electrons. The van der Waals surface area contributed by atoms with Crippen LogP contribution in [-0.2, 0) is 4.74 Å². The fourth-order valence-electron chi connectivity index (χ4n) is 2.21. The summed E-state index contributed by atoms with van der Waals surface area (Å²) in [6.45, 7) is 9.88. The molecule has 0 N–H and O–H groups in total. The summed E-state index contributed by atoms with van der Waals surface area (Å²) >= 11 is 0. The first-order valence-corrected chi connectivity index (χ1v) is 9.79. The fraction of sp³-hybridized carbons (Fsp3) is 0.429. The van der Waals surface area contributed by atoms with E-state index >= 15 is 0 Å². The molecule has 17 heavy (non-hydrogen) atoms. The molecule has 3 heteroatoms. The highest BCUT2D eigenvalue weighted by Crippen LogP contribution is 2.27. The molecule has 0 spiro atoms. The SMILES string of the molecule is CCOC(n1ccc2ccccc21)[Si](C)(C)C. The Bertz CT molecular complexity index is 498. The zero-order valence-electron chi connectivity index (χ0n) is 11.1. The van der Waals surface area contributed by atoms with Crippen LogP contribution in [0.3, 0.4) is 0 Å². The lowest BCUT2D eigenvalue weighted by Crippen LogP contribution is -2.36. The Morgan fingerprint density at radius 1 is 1.18 bits per heavy atom. The van der Waals surface area contributed by atoms with Crippen LogP contribution in [0, 0.1) is 0 Å². The van der Waals surface area contributed by atoms with Gasteiger partial charge in [0.2, 0.25) is 0 Å². The first kappa shape index (κ1) is 12.4. The maximum atomic E-state index is 5.98. The van der Waals surface area contributed by atoms with Crippen molar-refractivity contribution in [2.24, 2.45) is 0 Å². The molecule has 0 saturated heterocycles. The number of hydrogen-bond donors (Lipinski definition) is 0. The van der Waals surface area contributed by atoms with Gasteiger partial charge in [-0.25, -0.2) is 0 Å². The third-order valence-electron chi connectivity index (χ3n) is 2.95. The number of ether oxygens (including phenoxy) is 1. The predicted octanol–water partition coefficient (Wildman–Crippen LogP) is 4.05. The third-order valence-corrected chi connectivity index (χ3v) is 4.87. The second-order valence-corrected chi connectivity index (χ2v) is 10.7. The zero-order valence-corrected chi connectivity index (χ0v) is 12.1. The van der Waals surface area contributed by atoms with E-state index in [9.17, 15) is 0 Å². The van der Waals surface area contributed by atoms with E-state index in [4.69, 9.17) is 4.74 Å². The average Bonchev–Trinajstić information content (AvgIpc) is 2.68. The summed E-state index contributed by atoms with van der Waals surface area (Å²) in [6, 6.07) is 10.7. The highest BCUT2D eigenvalue weighted by Gasteiger charge is 2.29. The van der Waals surface area contributed by atoms with Gasteiger partial charge in [0.15, 0.2) is 0 Å². The lowest BCUT2D eigenvalue weighted by Gasteiger charge is -2.30. The normalized spacial score (nSPS) is 14.1. The Hall–Kier alpha value is -1.06. The number of fused-ring (bicyclic) bond motifs is 1. The van der Waals surface area contributed by atoms with E-state index in [-0.39, 0.29) is 5.85 Å². The smallest absolute Gasteiger partial charge is 0.118 e. The Morgan fingerprint density at radius 2 is 1.88 bits per heavy atom. The molecule has 0 saturated carbocycles. The molecule has 0 bridgehead atoms. The van der Waals surface area contributed by atoms with Gasteiger partial charge in [-0.2, -0.15) is 0 Å². The van der Waals surface area contributed by atoms with Crippen molar-refractivity contribution in [3.8, 4) is 0 Å². The first-order chi connectivity index (χ1) is 8.04. The summed E-state index contributed by atoms with van der Waals surface area (Å²) < 4.78 is 8.28. The van der Waals surface area contributed by atoms with E-state index in [1.54, 1.807) is 0 Å². The zero-order chi connectivity index (χ0) is 12.5. The van der Waals surface area contributed by atoms with Crippen molar-refractivity contribution < 1.29 is 4.74 Å². The largest absolute Gasteiger partial charge is 0.362 e. The van der Waals surface area contributed by atoms with Crippen molar-refractivity contribution in [3.63, 3.8) is 0 Å². The van der Waals surface area contributed by atoms with Crippen LogP contribution in [0.2, 0.25) is 19.6 Å². The van der Waals surface area contributed by atoms with Crippen LogP contribution >= 0.6 is 0 Å². The van der Waals surface area contributed by atoms with Gasteiger partial charge in [-0.3, -0.25) is 0 Å². The molecule has 0 fully saturated rings. The molecule has 0 aliphatic rings. The molecule has 1 heterocycles. The fourth-order valence-corrected chi connectivity index (χ4v) is 3.94. The van der Waals surface area contributed by atoms with Crippen LogP contribution in [0.4, 0.5) is 0 Å². The Balaban J connectivity index is 2.49. The van der Waals surface area contributed by atoms with E-state index < -0.39 is 8.07 Å². The summed E-state index contributed by atoms with van der Waals surface area (Å²) in [5.74, 6) is 0.215. The lowest BCUT2D eigenvalue weighted by atomic mass is 10.2. The molecule has 92 valence electrons. The van der Waals surface area contributed by atoms with Crippen LogP contribution in [0.15, 0.2) is 36.5 Å². The summed E-state index contributed by atoms with van der Waals surface area (Å²) in [6.07, 6.45) is 2.16. The monoisotopic (exact) mass is 247 g/mol. The van der Waals surface area contributed by atoms with Gasteiger partial charge in [-0.15, -0.1) is 0 Å². The molecule has 2 rings (SSSR count). The molecule has 2 nitrogen and oxygen atoms in total. The van der Waals surface area contributed by atoms with E-state index in [1.807, 2.05) is 0 Å². The minimum Gasteiger partial charge on any atom is -0.362 e. The molecule has 2 aromatic rings. The van der Waals surface area contributed by atoms with Gasteiger partial charge in [0, 0.05) is 18.3 Å². The van der Waals surface area contributed by atoms with Crippen LogP contribution in [0.1, 0.15) is 12.8 Å². The average molecular weight is 247 g/mol. The Kier molecular flexibility index (Phi) is 3.40. The molecular weight excluding hydrogens is 226 g/mol. The van der Waals surface area contributed by atoms with Crippen molar-refractivity contribution in [3.05, 3.63) is 36.5 Å². The second-order valence-electron chi connectivity index (χ2n) is 5.46. The number of benzene rings is 1.